The number of nitrogens with zero attached hydrogens (tertiary/aromatic N) is 3. The van der Waals surface area contributed by atoms with Gasteiger partial charge in [0.15, 0.2) is 17.3 Å². The monoisotopic (exact) mass is 471 g/mol. The van der Waals surface area contributed by atoms with E-state index in [-0.39, 0.29) is 6.10 Å². The van der Waals surface area contributed by atoms with E-state index in [2.05, 4.69) is 15.6 Å². The summed E-state index contributed by atoms with van der Waals surface area (Å²) in [5.74, 6) is 2.25. The zero-order chi connectivity index (χ0) is 23.1. The normalized spacial score (nSPS) is 14.9. The van der Waals surface area contributed by atoms with Crippen LogP contribution in [0.5, 0.6) is 11.5 Å². The zero-order valence-corrected chi connectivity index (χ0v) is 19.2. The van der Waals surface area contributed by atoms with E-state index in [1.54, 1.807) is 12.5 Å². The lowest BCUT2D eigenvalue weighted by Gasteiger charge is -2.26. The van der Waals surface area contributed by atoms with Crippen LogP contribution < -0.4 is 20.1 Å². The highest BCUT2D eigenvalue weighted by molar-refractivity contribution is 6.33. The van der Waals surface area contributed by atoms with E-state index >= 15 is 0 Å². The molecule has 0 amide bonds. The SMILES string of the molecule is Cc1cccc(Cl)c1Nc1nc2cc(NCC3COc4ccccc4O3)ccc2n2cncc12. The summed E-state index contributed by atoms with van der Waals surface area (Å²) in [4.78, 5) is 9.25. The predicted octanol–water partition coefficient (Wildman–Crippen LogP) is 5.84. The van der Waals surface area contributed by atoms with E-state index in [1.807, 2.05) is 72.0 Å². The van der Waals surface area contributed by atoms with Gasteiger partial charge in [-0.1, -0.05) is 35.9 Å². The maximum Gasteiger partial charge on any atom is 0.161 e. The molecule has 7 nitrogen and oxygen atoms in total. The maximum absolute atomic E-state index is 6.45. The van der Waals surface area contributed by atoms with Gasteiger partial charge in [0.25, 0.3) is 0 Å². The molecule has 1 aliphatic heterocycles. The van der Waals surface area contributed by atoms with Gasteiger partial charge in [0, 0.05) is 5.69 Å². The minimum Gasteiger partial charge on any atom is -0.486 e. The summed E-state index contributed by atoms with van der Waals surface area (Å²) in [5.41, 5.74) is 5.49. The number of aromatic nitrogens is 3. The van der Waals surface area contributed by atoms with Crippen molar-refractivity contribution in [3.05, 3.63) is 83.8 Å². The highest BCUT2D eigenvalue weighted by Gasteiger charge is 2.20. The second-order valence-corrected chi connectivity index (χ2v) is 8.66. The zero-order valence-electron chi connectivity index (χ0n) is 18.5. The van der Waals surface area contributed by atoms with Gasteiger partial charge in [-0.2, -0.15) is 0 Å². The fourth-order valence-electron chi connectivity index (χ4n) is 4.16. The molecule has 1 unspecified atom stereocenters. The van der Waals surface area contributed by atoms with Crippen molar-refractivity contribution in [2.75, 3.05) is 23.8 Å². The van der Waals surface area contributed by atoms with Crippen LogP contribution >= 0.6 is 11.6 Å². The smallest absolute Gasteiger partial charge is 0.161 e. The second-order valence-electron chi connectivity index (χ2n) is 8.25. The van der Waals surface area contributed by atoms with Gasteiger partial charge in [-0.3, -0.25) is 4.40 Å². The van der Waals surface area contributed by atoms with Gasteiger partial charge in [-0.15, -0.1) is 0 Å². The summed E-state index contributed by atoms with van der Waals surface area (Å²) in [6.07, 6.45) is 3.50. The largest absolute Gasteiger partial charge is 0.486 e. The average molecular weight is 472 g/mol. The van der Waals surface area contributed by atoms with E-state index in [0.717, 1.165) is 45.0 Å². The van der Waals surface area contributed by atoms with Crippen molar-refractivity contribution in [3.8, 4) is 11.5 Å². The van der Waals surface area contributed by atoms with Gasteiger partial charge in [-0.05, 0) is 48.9 Å². The Kier molecular flexibility index (Phi) is 5.11. The Bertz CT molecular complexity index is 1500. The molecule has 3 aromatic carbocycles. The Morgan fingerprint density at radius 2 is 1.94 bits per heavy atom. The van der Waals surface area contributed by atoms with Crippen molar-refractivity contribution in [2.24, 2.45) is 0 Å². The summed E-state index contributed by atoms with van der Waals surface area (Å²) < 4.78 is 13.9. The van der Waals surface area contributed by atoms with Crippen molar-refractivity contribution in [3.63, 3.8) is 0 Å². The van der Waals surface area contributed by atoms with Crippen LogP contribution in [0.4, 0.5) is 17.2 Å². The molecule has 3 heterocycles. The molecule has 5 aromatic rings. The Morgan fingerprint density at radius 1 is 1.06 bits per heavy atom. The summed E-state index contributed by atoms with van der Waals surface area (Å²) in [7, 11) is 0. The number of nitrogens with one attached hydrogen (secondary N) is 2. The number of imidazole rings is 1. The minimum atomic E-state index is -0.0879. The summed E-state index contributed by atoms with van der Waals surface area (Å²) in [5, 5.41) is 7.51. The molecule has 0 fully saturated rings. The number of rotatable bonds is 5. The van der Waals surface area contributed by atoms with Gasteiger partial charge in [0.1, 0.15) is 18.2 Å². The lowest BCUT2D eigenvalue weighted by Crippen LogP contribution is -2.35. The Balaban J connectivity index is 1.28. The van der Waals surface area contributed by atoms with Gasteiger partial charge in [0.2, 0.25) is 0 Å². The molecule has 1 atom stereocenters. The van der Waals surface area contributed by atoms with E-state index in [0.29, 0.717) is 24.0 Å². The third-order valence-electron chi connectivity index (χ3n) is 5.92. The van der Waals surface area contributed by atoms with E-state index in [4.69, 9.17) is 26.1 Å². The van der Waals surface area contributed by atoms with Crippen molar-refractivity contribution in [2.45, 2.75) is 13.0 Å². The van der Waals surface area contributed by atoms with Crippen LogP contribution in [0.2, 0.25) is 5.02 Å². The van der Waals surface area contributed by atoms with E-state index < -0.39 is 0 Å². The van der Waals surface area contributed by atoms with Crippen LogP contribution in [0.15, 0.2) is 73.2 Å². The van der Waals surface area contributed by atoms with E-state index in [1.165, 1.54) is 0 Å². The number of benzene rings is 3. The molecule has 0 radical (unpaired) electrons. The number of ether oxygens (including phenoxy) is 2. The van der Waals surface area contributed by atoms with Crippen molar-refractivity contribution in [1.29, 1.82) is 0 Å². The highest BCUT2D eigenvalue weighted by atomic mass is 35.5. The fourth-order valence-corrected chi connectivity index (χ4v) is 4.43. The molecule has 8 heteroatoms. The lowest BCUT2D eigenvalue weighted by molar-refractivity contribution is 0.0998. The third kappa shape index (κ3) is 3.74. The summed E-state index contributed by atoms with van der Waals surface area (Å²) >= 11 is 6.45. The standard InChI is InChI=1S/C26H22ClN5O2/c1-16-5-4-6-19(27)25(16)31-26-22-13-28-15-32(22)21-10-9-17(11-20(21)30-26)29-12-18-14-33-23-7-2-3-8-24(23)34-18/h2-11,13,15,18,29H,12,14H2,1H3,(H,30,31). The molecule has 0 aliphatic carbocycles. The molecule has 0 bridgehead atoms. The van der Waals surface area contributed by atoms with Crippen molar-refractivity contribution >= 4 is 45.3 Å². The molecule has 0 saturated carbocycles. The van der Waals surface area contributed by atoms with E-state index in [9.17, 15) is 0 Å². The highest BCUT2D eigenvalue weighted by Crippen LogP contribution is 2.33. The minimum absolute atomic E-state index is 0.0879. The molecular formula is C26H22ClN5O2. The van der Waals surface area contributed by atoms with Gasteiger partial charge in [-0.25, -0.2) is 9.97 Å². The fraction of sp³-hybridized carbons (Fsp3) is 0.154. The first-order valence-electron chi connectivity index (χ1n) is 11.1. The average Bonchev–Trinajstić information content (AvgIpc) is 3.35. The molecule has 2 aromatic heterocycles. The number of anilines is 3. The number of aryl methyl sites for hydroxylation is 1. The molecule has 0 saturated heterocycles. The predicted molar refractivity (Wildman–Crippen MR) is 135 cm³/mol. The molecular weight excluding hydrogens is 450 g/mol. The molecule has 0 spiro atoms. The molecule has 170 valence electrons. The first-order chi connectivity index (χ1) is 16.7. The number of halogens is 1. The van der Waals surface area contributed by atoms with Crippen LogP contribution in [-0.2, 0) is 0 Å². The first-order valence-corrected chi connectivity index (χ1v) is 11.4. The van der Waals surface area contributed by atoms with Crippen LogP contribution in [0.3, 0.4) is 0 Å². The van der Waals surface area contributed by atoms with Gasteiger partial charge in [0.05, 0.1) is 40.8 Å². The number of fused-ring (bicyclic) bond motifs is 4. The molecule has 2 N–H and O–H groups in total. The lowest BCUT2D eigenvalue weighted by atomic mass is 10.2. The Labute approximate surface area is 201 Å². The van der Waals surface area contributed by atoms with Crippen LogP contribution in [0, 0.1) is 6.92 Å². The third-order valence-corrected chi connectivity index (χ3v) is 6.23. The molecule has 6 rings (SSSR count). The number of hydrogen-bond acceptors (Lipinski definition) is 6. The Hall–Kier alpha value is -3.97. The topological polar surface area (TPSA) is 72.7 Å². The maximum atomic E-state index is 6.45. The summed E-state index contributed by atoms with van der Waals surface area (Å²) in [6, 6.07) is 19.6. The second kappa shape index (κ2) is 8.43. The van der Waals surface area contributed by atoms with Crippen LogP contribution in [0.1, 0.15) is 5.56 Å². The summed E-state index contributed by atoms with van der Waals surface area (Å²) in [6.45, 7) is 3.12. The van der Waals surface area contributed by atoms with Crippen molar-refractivity contribution < 1.29 is 9.47 Å². The van der Waals surface area contributed by atoms with Crippen LogP contribution in [0.25, 0.3) is 16.6 Å². The van der Waals surface area contributed by atoms with Crippen molar-refractivity contribution in [1.82, 2.24) is 14.4 Å². The number of hydrogen-bond donors (Lipinski definition) is 2. The quantitative estimate of drug-likeness (QED) is 0.335. The van der Waals surface area contributed by atoms with Gasteiger partial charge >= 0.3 is 0 Å². The number of para-hydroxylation sites is 3. The molecule has 1 aliphatic rings. The van der Waals surface area contributed by atoms with Gasteiger partial charge < -0.3 is 20.1 Å². The molecule has 34 heavy (non-hydrogen) atoms. The first kappa shape index (κ1) is 20.6. The Morgan fingerprint density at radius 3 is 2.82 bits per heavy atom. The van der Waals surface area contributed by atoms with Crippen LogP contribution in [-0.4, -0.2) is 33.6 Å².